The molecule has 0 radical (unpaired) electrons. The monoisotopic (exact) mass is 302 g/mol. The van der Waals surface area contributed by atoms with Crippen molar-refractivity contribution in [3.05, 3.63) is 27.2 Å². The van der Waals surface area contributed by atoms with Crippen LogP contribution in [0.4, 0.5) is 0 Å². The van der Waals surface area contributed by atoms with Gasteiger partial charge in [-0.2, -0.15) is 0 Å². The fourth-order valence-electron chi connectivity index (χ4n) is 0.817. The summed E-state index contributed by atoms with van der Waals surface area (Å²) in [4.78, 5) is -0.00948. The predicted octanol–water partition coefficient (Wildman–Crippen LogP) is 3.34. The third-order valence-electron chi connectivity index (χ3n) is 1.50. The number of halogens is 3. The molecule has 0 amide bonds. The second-order valence-electron chi connectivity index (χ2n) is 2.45. The largest absolute Gasteiger partial charge is 0.262 e. The molecule has 72 valence electrons. The molecule has 13 heavy (non-hydrogen) atoms. The van der Waals surface area contributed by atoms with E-state index in [4.69, 9.17) is 22.3 Å². The molecule has 2 nitrogen and oxygen atoms in total. The van der Waals surface area contributed by atoms with E-state index in [1.807, 2.05) is 0 Å². The van der Waals surface area contributed by atoms with Crippen LogP contribution in [0.15, 0.2) is 21.5 Å². The third kappa shape index (κ3) is 2.37. The van der Waals surface area contributed by atoms with E-state index < -0.39 is 9.05 Å². The average Bonchev–Trinajstić information content (AvgIpc) is 1.98. The Bertz CT molecular complexity index is 442. The summed E-state index contributed by atoms with van der Waals surface area (Å²) in [7, 11) is 1.44. The van der Waals surface area contributed by atoms with Crippen LogP contribution in [0.2, 0.25) is 5.02 Å². The highest BCUT2D eigenvalue weighted by Crippen LogP contribution is 2.33. The van der Waals surface area contributed by atoms with Gasteiger partial charge in [-0.15, -0.1) is 0 Å². The molecule has 0 fully saturated rings. The Kier molecular flexibility index (Phi) is 3.28. The lowest BCUT2D eigenvalue weighted by Crippen LogP contribution is -1.93. The van der Waals surface area contributed by atoms with E-state index in [-0.39, 0.29) is 4.90 Å². The summed E-state index contributed by atoms with van der Waals surface area (Å²) in [5.41, 5.74) is 0.789. The van der Waals surface area contributed by atoms with E-state index in [0.717, 1.165) is 5.56 Å². The molecule has 6 heteroatoms. The lowest BCUT2D eigenvalue weighted by Gasteiger charge is -2.04. The normalized spacial score (nSPS) is 11.7. The Morgan fingerprint density at radius 2 is 1.92 bits per heavy atom. The van der Waals surface area contributed by atoms with Gasteiger partial charge in [0.2, 0.25) is 0 Å². The lowest BCUT2D eigenvalue weighted by molar-refractivity contribution is 0.609. The van der Waals surface area contributed by atoms with Gasteiger partial charge >= 0.3 is 0 Å². The van der Waals surface area contributed by atoms with E-state index in [0.29, 0.717) is 9.50 Å². The first-order valence-electron chi connectivity index (χ1n) is 3.23. The highest BCUT2D eigenvalue weighted by Gasteiger charge is 2.17. The molecule has 1 rings (SSSR count). The first-order valence-corrected chi connectivity index (χ1v) is 6.71. The van der Waals surface area contributed by atoms with E-state index in [9.17, 15) is 8.42 Å². The van der Waals surface area contributed by atoms with Gasteiger partial charge in [-0.05, 0) is 34.5 Å². The van der Waals surface area contributed by atoms with Crippen LogP contribution in [-0.4, -0.2) is 8.42 Å². The molecule has 1 aromatic carbocycles. The SMILES string of the molecule is Cc1ccc(S(=O)(=O)Cl)c(Br)c1Cl. The molecule has 0 heterocycles. The number of hydrogen-bond acceptors (Lipinski definition) is 2. The fourth-order valence-corrected chi connectivity index (χ4v) is 3.33. The van der Waals surface area contributed by atoms with Gasteiger partial charge in [0.05, 0.1) is 14.4 Å². The molecule has 0 bridgehead atoms. The van der Waals surface area contributed by atoms with Crippen LogP contribution in [-0.2, 0) is 9.05 Å². The molecule has 0 aliphatic rings. The van der Waals surface area contributed by atoms with Crippen LogP contribution in [0.25, 0.3) is 0 Å². The zero-order chi connectivity index (χ0) is 10.2. The minimum Gasteiger partial charge on any atom is -0.207 e. The van der Waals surface area contributed by atoms with E-state index in [2.05, 4.69) is 15.9 Å². The summed E-state index contributed by atoms with van der Waals surface area (Å²) < 4.78 is 22.3. The maximum absolute atomic E-state index is 11.0. The van der Waals surface area contributed by atoms with Gasteiger partial charge in [0.15, 0.2) is 0 Å². The van der Waals surface area contributed by atoms with E-state index >= 15 is 0 Å². The molecule has 0 saturated heterocycles. The Morgan fingerprint density at radius 1 is 1.38 bits per heavy atom. The second kappa shape index (κ2) is 3.77. The average molecular weight is 304 g/mol. The van der Waals surface area contributed by atoms with Crippen molar-refractivity contribution in [3.8, 4) is 0 Å². The van der Waals surface area contributed by atoms with Crippen LogP contribution in [0, 0.1) is 6.92 Å². The van der Waals surface area contributed by atoms with Gasteiger partial charge < -0.3 is 0 Å². The molecule has 0 atom stereocenters. The Balaban J connectivity index is 3.53. The molecule has 0 spiro atoms. The number of benzene rings is 1. The van der Waals surface area contributed by atoms with Crippen LogP contribution >= 0.6 is 38.2 Å². The molecule has 0 aliphatic heterocycles. The van der Waals surface area contributed by atoms with Crippen molar-refractivity contribution >= 4 is 47.3 Å². The zero-order valence-corrected chi connectivity index (χ0v) is 10.4. The van der Waals surface area contributed by atoms with Crippen LogP contribution in [0.1, 0.15) is 5.56 Å². The molecule has 1 aromatic rings. The van der Waals surface area contributed by atoms with Crippen molar-refractivity contribution in [2.24, 2.45) is 0 Å². The van der Waals surface area contributed by atoms with Crippen LogP contribution in [0.3, 0.4) is 0 Å². The first-order chi connectivity index (χ1) is 5.84. The summed E-state index contributed by atoms with van der Waals surface area (Å²) in [6, 6.07) is 3.01. The topological polar surface area (TPSA) is 34.1 Å². The van der Waals surface area contributed by atoms with Crippen molar-refractivity contribution in [2.45, 2.75) is 11.8 Å². The molecule has 0 aliphatic carbocycles. The summed E-state index contributed by atoms with van der Waals surface area (Å²) in [6.07, 6.45) is 0. The van der Waals surface area contributed by atoms with Crippen molar-refractivity contribution < 1.29 is 8.42 Å². The van der Waals surface area contributed by atoms with E-state index in [1.165, 1.54) is 6.07 Å². The maximum Gasteiger partial charge on any atom is 0.262 e. The first kappa shape index (κ1) is 11.3. The number of hydrogen-bond donors (Lipinski definition) is 0. The lowest BCUT2D eigenvalue weighted by atomic mass is 10.2. The second-order valence-corrected chi connectivity index (χ2v) is 6.15. The van der Waals surface area contributed by atoms with Gasteiger partial charge in [-0.1, -0.05) is 17.7 Å². The van der Waals surface area contributed by atoms with Crippen LogP contribution in [0.5, 0.6) is 0 Å². The summed E-state index contributed by atoms with van der Waals surface area (Å²) in [5.74, 6) is 0. The van der Waals surface area contributed by atoms with Gasteiger partial charge in [0.25, 0.3) is 9.05 Å². The van der Waals surface area contributed by atoms with E-state index in [1.54, 1.807) is 13.0 Å². The van der Waals surface area contributed by atoms with Crippen LogP contribution < -0.4 is 0 Å². The highest BCUT2D eigenvalue weighted by atomic mass is 79.9. The van der Waals surface area contributed by atoms with Gasteiger partial charge in [-0.25, -0.2) is 8.42 Å². The minimum absolute atomic E-state index is 0.00948. The Morgan fingerprint density at radius 3 is 2.38 bits per heavy atom. The summed E-state index contributed by atoms with van der Waals surface area (Å²) in [5, 5.41) is 0.363. The number of rotatable bonds is 1. The molecule has 0 unspecified atom stereocenters. The predicted molar refractivity (Wildman–Crippen MR) is 56.9 cm³/mol. The van der Waals surface area contributed by atoms with Gasteiger partial charge in [0.1, 0.15) is 0 Å². The summed E-state index contributed by atoms with van der Waals surface area (Å²) in [6.45, 7) is 1.78. The molecule has 0 N–H and O–H groups in total. The Labute approximate surface area is 94.4 Å². The van der Waals surface area contributed by atoms with Crippen molar-refractivity contribution in [1.82, 2.24) is 0 Å². The third-order valence-corrected chi connectivity index (χ3v) is 4.67. The molecule has 0 aromatic heterocycles. The maximum atomic E-state index is 11.0. The van der Waals surface area contributed by atoms with Crippen molar-refractivity contribution in [3.63, 3.8) is 0 Å². The van der Waals surface area contributed by atoms with Crippen molar-refractivity contribution in [2.75, 3.05) is 0 Å². The van der Waals surface area contributed by atoms with Gasteiger partial charge in [0, 0.05) is 10.7 Å². The minimum atomic E-state index is -3.73. The Hall–Kier alpha value is 0.230. The quantitative estimate of drug-likeness (QED) is 0.746. The standard InChI is InChI=1S/C7H5BrCl2O2S/c1-4-2-3-5(13(10,11)12)6(8)7(4)9/h2-3H,1H3. The molecular formula is C7H5BrCl2O2S. The zero-order valence-electron chi connectivity index (χ0n) is 6.51. The molecular weight excluding hydrogens is 299 g/mol. The van der Waals surface area contributed by atoms with Crippen molar-refractivity contribution in [1.29, 1.82) is 0 Å². The summed E-state index contributed by atoms with van der Waals surface area (Å²) >= 11 is 8.89. The smallest absolute Gasteiger partial charge is 0.207 e. The fraction of sp³-hybridized carbons (Fsp3) is 0.143. The molecule has 0 saturated carbocycles. The highest BCUT2D eigenvalue weighted by molar-refractivity contribution is 9.10. The van der Waals surface area contributed by atoms with Gasteiger partial charge in [-0.3, -0.25) is 0 Å². The number of aryl methyl sites for hydroxylation is 1.